The maximum atomic E-state index is 12.9. The van der Waals surface area contributed by atoms with E-state index >= 15 is 0 Å². The fourth-order valence-corrected chi connectivity index (χ4v) is 4.67. The normalized spacial score (nSPS) is 22.7. The zero-order valence-electron chi connectivity index (χ0n) is 14.9. The van der Waals surface area contributed by atoms with Crippen molar-refractivity contribution >= 4 is 27.5 Å². The first-order valence-corrected chi connectivity index (χ1v) is 9.83. The maximum Gasteiger partial charge on any atom is 0.338 e. The number of carbonyl (C=O) groups excluding carboxylic acids is 2. The Hall–Kier alpha value is -2.87. The van der Waals surface area contributed by atoms with Gasteiger partial charge >= 0.3 is 5.97 Å². The topological polar surface area (TPSA) is 101 Å². The molecule has 0 amide bonds. The number of hydrogen-bond donors (Lipinski definition) is 1. The monoisotopic (exact) mass is 389 g/mol. The molecule has 1 fully saturated rings. The Balaban J connectivity index is 2.11. The van der Waals surface area contributed by atoms with Gasteiger partial charge in [0.1, 0.15) is 5.70 Å². The van der Waals surface area contributed by atoms with E-state index in [-0.39, 0.29) is 34.8 Å². The first kappa shape index (κ1) is 18.9. The molecule has 1 unspecified atom stereocenters. The SMILES string of the molecule is CCOC(=O)c1cccc(C(O)=C2C(=O)C3CC=CC=C3S(=O)(=O)N2C)c1. The lowest BCUT2D eigenvalue weighted by atomic mass is 9.92. The number of fused-ring (bicyclic) bond motifs is 1. The number of rotatable bonds is 3. The van der Waals surface area contributed by atoms with Crippen LogP contribution in [0.25, 0.3) is 5.76 Å². The average Bonchev–Trinajstić information content (AvgIpc) is 2.67. The third kappa shape index (κ3) is 3.16. The van der Waals surface area contributed by atoms with Crippen molar-refractivity contribution in [3.63, 3.8) is 0 Å². The number of aliphatic hydroxyl groups is 1. The van der Waals surface area contributed by atoms with Crippen molar-refractivity contribution in [2.24, 2.45) is 5.92 Å². The lowest BCUT2D eigenvalue weighted by Crippen LogP contribution is -2.43. The van der Waals surface area contributed by atoms with Crippen molar-refractivity contribution < 1.29 is 27.9 Å². The van der Waals surface area contributed by atoms with Gasteiger partial charge in [-0.15, -0.1) is 0 Å². The molecule has 2 aliphatic rings. The van der Waals surface area contributed by atoms with Gasteiger partial charge < -0.3 is 9.84 Å². The molecular formula is C19H19NO6S. The largest absolute Gasteiger partial charge is 0.505 e. The zero-order valence-corrected chi connectivity index (χ0v) is 15.7. The third-order valence-electron chi connectivity index (χ3n) is 4.51. The number of Topliss-reactive ketones (excluding diaryl/α,β-unsaturated/α-hetero) is 1. The maximum absolute atomic E-state index is 12.9. The number of esters is 1. The summed E-state index contributed by atoms with van der Waals surface area (Å²) in [6.07, 6.45) is 4.97. The van der Waals surface area contributed by atoms with E-state index in [1.165, 1.54) is 37.4 Å². The van der Waals surface area contributed by atoms with Crippen LogP contribution < -0.4 is 0 Å². The number of ketones is 1. The van der Waals surface area contributed by atoms with Crippen LogP contribution in [0.3, 0.4) is 0 Å². The molecule has 1 aliphatic heterocycles. The summed E-state index contributed by atoms with van der Waals surface area (Å²) in [6.45, 7) is 1.87. The van der Waals surface area contributed by atoms with Gasteiger partial charge in [-0.2, -0.15) is 0 Å². The van der Waals surface area contributed by atoms with Crippen LogP contribution in [0.1, 0.15) is 29.3 Å². The molecule has 0 bridgehead atoms. The molecule has 142 valence electrons. The molecular weight excluding hydrogens is 370 g/mol. The van der Waals surface area contributed by atoms with E-state index < -0.39 is 33.5 Å². The van der Waals surface area contributed by atoms with Gasteiger partial charge in [-0.1, -0.05) is 24.3 Å². The van der Waals surface area contributed by atoms with Crippen LogP contribution in [0.2, 0.25) is 0 Å². The second kappa shape index (κ2) is 7.03. The highest BCUT2D eigenvalue weighted by Gasteiger charge is 2.45. The van der Waals surface area contributed by atoms with Crippen LogP contribution in [-0.2, 0) is 19.6 Å². The Bertz CT molecular complexity index is 1000. The quantitative estimate of drug-likeness (QED) is 0.484. The molecule has 1 aromatic rings. The van der Waals surface area contributed by atoms with Gasteiger partial charge in [0, 0.05) is 12.6 Å². The average molecular weight is 389 g/mol. The van der Waals surface area contributed by atoms with Crippen molar-refractivity contribution in [3.05, 3.63) is 64.2 Å². The molecule has 7 nitrogen and oxygen atoms in total. The molecule has 1 saturated heterocycles. The number of ether oxygens (including phenoxy) is 1. The van der Waals surface area contributed by atoms with Crippen molar-refractivity contribution in [2.75, 3.05) is 13.7 Å². The number of likely N-dealkylation sites (N-methyl/N-ethyl adjacent to an activating group) is 1. The van der Waals surface area contributed by atoms with Gasteiger partial charge in [0.2, 0.25) is 0 Å². The molecule has 1 heterocycles. The molecule has 0 radical (unpaired) electrons. The first-order valence-electron chi connectivity index (χ1n) is 8.39. The fourth-order valence-electron chi connectivity index (χ4n) is 3.12. The van der Waals surface area contributed by atoms with E-state index in [1.54, 1.807) is 19.1 Å². The standard InChI is InChI=1S/C19H19NO6S/c1-3-26-19(23)13-8-6-7-12(11-13)17(21)16-18(22)14-9-4-5-10-15(14)27(24,25)20(16)2/h4-8,10-11,14,21H,3,9H2,1-2H3. The molecule has 0 aromatic heterocycles. The lowest BCUT2D eigenvalue weighted by molar-refractivity contribution is -0.119. The Morgan fingerprint density at radius 2 is 2.04 bits per heavy atom. The predicted molar refractivity (Wildman–Crippen MR) is 99.0 cm³/mol. The second-order valence-electron chi connectivity index (χ2n) is 6.12. The van der Waals surface area contributed by atoms with Crippen LogP contribution >= 0.6 is 0 Å². The highest BCUT2D eigenvalue weighted by atomic mass is 32.2. The lowest BCUT2D eigenvalue weighted by Gasteiger charge is -2.34. The highest BCUT2D eigenvalue weighted by molar-refractivity contribution is 7.93. The van der Waals surface area contributed by atoms with E-state index in [0.29, 0.717) is 0 Å². The van der Waals surface area contributed by atoms with Gasteiger partial charge in [-0.05, 0) is 31.6 Å². The van der Waals surface area contributed by atoms with Crippen LogP contribution in [0.4, 0.5) is 0 Å². The Morgan fingerprint density at radius 1 is 1.33 bits per heavy atom. The van der Waals surface area contributed by atoms with Gasteiger partial charge in [-0.3, -0.25) is 9.10 Å². The summed E-state index contributed by atoms with van der Waals surface area (Å²) in [5.74, 6) is -2.41. The van der Waals surface area contributed by atoms with E-state index in [2.05, 4.69) is 0 Å². The van der Waals surface area contributed by atoms with E-state index in [4.69, 9.17) is 4.74 Å². The molecule has 1 aromatic carbocycles. The summed E-state index contributed by atoms with van der Waals surface area (Å²) in [4.78, 5) is 24.8. The molecule has 8 heteroatoms. The molecule has 27 heavy (non-hydrogen) atoms. The minimum atomic E-state index is -3.92. The minimum Gasteiger partial charge on any atom is -0.505 e. The Labute approximate surface area is 157 Å². The third-order valence-corrected chi connectivity index (χ3v) is 6.43. The summed E-state index contributed by atoms with van der Waals surface area (Å²) in [5, 5.41) is 10.7. The summed E-state index contributed by atoms with van der Waals surface area (Å²) >= 11 is 0. The van der Waals surface area contributed by atoms with Crippen molar-refractivity contribution in [2.45, 2.75) is 13.3 Å². The molecule has 0 saturated carbocycles. The molecule has 1 N–H and O–H groups in total. The smallest absolute Gasteiger partial charge is 0.338 e. The number of carbonyl (C=O) groups is 2. The molecule has 1 atom stereocenters. The number of sulfonamides is 1. The number of benzene rings is 1. The van der Waals surface area contributed by atoms with Crippen LogP contribution in [0.5, 0.6) is 0 Å². The molecule has 0 spiro atoms. The number of allylic oxidation sites excluding steroid dienone is 5. The second-order valence-corrected chi connectivity index (χ2v) is 8.09. The summed E-state index contributed by atoms with van der Waals surface area (Å²) in [5.41, 5.74) is 0.0367. The summed E-state index contributed by atoms with van der Waals surface area (Å²) in [6, 6.07) is 5.88. The minimum absolute atomic E-state index is 0.0225. The fraction of sp³-hybridized carbons (Fsp3) is 0.263. The molecule has 3 rings (SSSR count). The number of hydrogen-bond acceptors (Lipinski definition) is 6. The van der Waals surface area contributed by atoms with E-state index in [0.717, 1.165) is 4.31 Å². The zero-order chi connectivity index (χ0) is 19.8. The first-order chi connectivity index (χ1) is 12.8. The Morgan fingerprint density at radius 3 is 2.74 bits per heavy atom. The number of aliphatic hydroxyl groups excluding tert-OH is 1. The summed E-state index contributed by atoms with van der Waals surface area (Å²) < 4.78 is 31.2. The van der Waals surface area contributed by atoms with Crippen LogP contribution in [0.15, 0.2) is 53.1 Å². The van der Waals surface area contributed by atoms with Crippen molar-refractivity contribution in [1.82, 2.24) is 4.31 Å². The number of nitrogens with zero attached hydrogens (tertiary/aromatic N) is 1. The van der Waals surface area contributed by atoms with E-state index in [9.17, 15) is 23.1 Å². The van der Waals surface area contributed by atoms with Crippen molar-refractivity contribution in [1.29, 1.82) is 0 Å². The van der Waals surface area contributed by atoms with Crippen LogP contribution in [0, 0.1) is 5.92 Å². The summed E-state index contributed by atoms with van der Waals surface area (Å²) in [7, 11) is -2.69. The van der Waals surface area contributed by atoms with Crippen LogP contribution in [-0.4, -0.2) is 43.2 Å². The predicted octanol–water partition coefficient (Wildman–Crippen LogP) is 2.39. The van der Waals surface area contributed by atoms with Gasteiger partial charge in [0.15, 0.2) is 11.5 Å². The molecule has 1 aliphatic carbocycles. The van der Waals surface area contributed by atoms with E-state index in [1.807, 2.05) is 0 Å². The van der Waals surface area contributed by atoms with Crippen molar-refractivity contribution in [3.8, 4) is 0 Å². The highest BCUT2D eigenvalue weighted by Crippen LogP contribution is 2.39. The van der Waals surface area contributed by atoms with Gasteiger partial charge in [0.05, 0.1) is 23.0 Å². The van der Waals surface area contributed by atoms with Gasteiger partial charge in [-0.25, -0.2) is 13.2 Å². The Kier molecular flexibility index (Phi) is 4.93. The van der Waals surface area contributed by atoms with Gasteiger partial charge in [0.25, 0.3) is 10.0 Å².